The lowest BCUT2D eigenvalue weighted by molar-refractivity contribution is 0.251. The molecule has 1 fully saturated rings. The molecule has 19 heavy (non-hydrogen) atoms. The van der Waals surface area contributed by atoms with Crippen LogP contribution in [0.5, 0.6) is 5.75 Å². The summed E-state index contributed by atoms with van der Waals surface area (Å²) in [4.78, 5) is 2.51. The SMILES string of the molecule is COc1ccc(C(CN)N2CCCC2)cc1C(C)C. The molecule has 0 aliphatic carbocycles. The molecule has 0 bridgehead atoms. The van der Waals surface area contributed by atoms with Crippen LogP contribution in [0.2, 0.25) is 0 Å². The number of hydrogen-bond donors (Lipinski definition) is 1. The van der Waals surface area contributed by atoms with Gasteiger partial charge in [-0.2, -0.15) is 0 Å². The van der Waals surface area contributed by atoms with Gasteiger partial charge in [0.05, 0.1) is 7.11 Å². The summed E-state index contributed by atoms with van der Waals surface area (Å²) in [5.41, 5.74) is 8.61. The molecular formula is C16H26N2O. The van der Waals surface area contributed by atoms with Crippen LogP contribution in [0, 0.1) is 0 Å². The Morgan fingerprint density at radius 2 is 1.95 bits per heavy atom. The Bertz CT molecular complexity index is 411. The zero-order chi connectivity index (χ0) is 13.8. The second-order valence-electron chi connectivity index (χ2n) is 5.65. The average Bonchev–Trinajstić information content (AvgIpc) is 2.93. The number of ether oxygens (including phenoxy) is 1. The van der Waals surface area contributed by atoms with Gasteiger partial charge >= 0.3 is 0 Å². The normalized spacial score (nSPS) is 17.9. The maximum atomic E-state index is 6.01. The standard InChI is InChI=1S/C16H26N2O/c1-12(2)14-10-13(6-7-16(14)19-3)15(11-17)18-8-4-5-9-18/h6-7,10,12,15H,4-5,8-9,11,17H2,1-3H3. The zero-order valence-electron chi connectivity index (χ0n) is 12.4. The van der Waals surface area contributed by atoms with Crippen LogP contribution in [0.1, 0.15) is 49.8 Å². The molecule has 0 aromatic heterocycles. The van der Waals surface area contributed by atoms with Crippen LogP contribution in [-0.4, -0.2) is 31.6 Å². The van der Waals surface area contributed by atoms with Crippen molar-refractivity contribution < 1.29 is 4.74 Å². The Balaban J connectivity index is 2.29. The molecule has 2 N–H and O–H groups in total. The van der Waals surface area contributed by atoms with E-state index in [1.54, 1.807) is 7.11 Å². The van der Waals surface area contributed by atoms with Gasteiger partial charge in [-0.1, -0.05) is 26.0 Å². The smallest absolute Gasteiger partial charge is 0.122 e. The van der Waals surface area contributed by atoms with E-state index in [9.17, 15) is 0 Å². The third kappa shape index (κ3) is 3.10. The van der Waals surface area contributed by atoms with Crippen LogP contribution in [0.25, 0.3) is 0 Å². The highest BCUT2D eigenvalue weighted by Crippen LogP contribution is 2.32. The lowest BCUT2D eigenvalue weighted by Crippen LogP contribution is -2.31. The zero-order valence-corrected chi connectivity index (χ0v) is 12.4. The van der Waals surface area contributed by atoms with Crippen molar-refractivity contribution in [2.45, 2.75) is 38.6 Å². The molecule has 1 atom stereocenters. The van der Waals surface area contributed by atoms with Gasteiger partial charge in [0.25, 0.3) is 0 Å². The topological polar surface area (TPSA) is 38.5 Å². The monoisotopic (exact) mass is 262 g/mol. The maximum Gasteiger partial charge on any atom is 0.122 e. The number of rotatable bonds is 5. The molecule has 0 radical (unpaired) electrons. The van der Waals surface area contributed by atoms with E-state index in [0.717, 1.165) is 5.75 Å². The van der Waals surface area contributed by atoms with Crippen LogP contribution in [0.3, 0.4) is 0 Å². The molecule has 1 aliphatic heterocycles. The van der Waals surface area contributed by atoms with E-state index in [2.05, 4.69) is 36.9 Å². The quantitative estimate of drug-likeness (QED) is 0.886. The van der Waals surface area contributed by atoms with Gasteiger partial charge in [-0.05, 0) is 49.0 Å². The Hall–Kier alpha value is -1.06. The third-order valence-corrected chi connectivity index (χ3v) is 4.07. The van der Waals surface area contributed by atoms with Gasteiger partial charge in [0.2, 0.25) is 0 Å². The summed E-state index contributed by atoms with van der Waals surface area (Å²) in [5.74, 6) is 1.45. The number of hydrogen-bond acceptors (Lipinski definition) is 3. The van der Waals surface area contributed by atoms with E-state index < -0.39 is 0 Å². The van der Waals surface area contributed by atoms with Crippen molar-refractivity contribution in [3.05, 3.63) is 29.3 Å². The fraction of sp³-hybridized carbons (Fsp3) is 0.625. The summed E-state index contributed by atoms with van der Waals surface area (Å²) in [6, 6.07) is 6.88. The molecule has 106 valence electrons. The van der Waals surface area contributed by atoms with Gasteiger partial charge in [-0.3, -0.25) is 4.90 Å². The van der Waals surface area contributed by atoms with E-state index >= 15 is 0 Å². The Kier molecular flexibility index (Phi) is 4.83. The van der Waals surface area contributed by atoms with Crippen molar-refractivity contribution in [2.24, 2.45) is 5.73 Å². The predicted octanol–water partition coefficient (Wildman–Crippen LogP) is 2.91. The van der Waals surface area contributed by atoms with Gasteiger partial charge in [0.15, 0.2) is 0 Å². The molecule has 1 aliphatic rings. The first-order chi connectivity index (χ1) is 9.17. The second kappa shape index (κ2) is 6.40. The number of benzene rings is 1. The van der Waals surface area contributed by atoms with Gasteiger partial charge < -0.3 is 10.5 Å². The summed E-state index contributed by atoms with van der Waals surface area (Å²) in [6.07, 6.45) is 2.59. The Labute approximate surface area is 116 Å². The fourth-order valence-corrected chi connectivity index (χ4v) is 2.96. The van der Waals surface area contributed by atoms with E-state index in [4.69, 9.17) is 10.5 Å². The summed E-state index contributed by atoms with van der Waals surface area (Å²) < 4.78 is 5.46. The first kappa shape index (κ1) is 14.4. The summed E-state index contributed by atoms with van der Waals surface area (Å²) in [6.45, 7) is 7.43. The van der Waals surface area contributed by atoms with Gasteiger partial charge in [-0.15, -0.1) is 0 Å². The van der Waals surface area contributed by atoms with Gasteiger partial charge in [0, 0.05) is 12.6 Å². The van der Waals surface area contributed by atoms with E-state index in [-0.39, 0.29) is 0 Å². The molecule has 3 nitrogen and oxygen atoms in total. The van der Waals surface area contributed by atoms with Crippen molar-refractivity contribution >= 4 is 0 Å². The number of likely N-dealkylation sites (tertiary alicyclic amines) is 1. The van der Waals surface area contributed by atoms with Gasteiger partial charge in [0.1, 0.15) is 5.75 Å². The summed E-state index contributed by atoms with van der Waals surface area (Å²) >= 11 is 0. The molecule has 0 amide bonds. The van der Waals surface area contributed by atoms with Crippen LogP contribution < -0.4 is 10.5 Å². The molecule has 1 aromatic carbocycles. The Morgan fingerprint density at radius 1 is 1.26 bits per heavy atom. The molecule has 1 saturated heterocycles. The van der Waals surface area contributed by atoms with Crippen molar-refractivity contribution in [3.8, 4) is 5.75 Å². The largest absolute Gasteiger partial charge is 0.496 e. The molecule has 0 saturated carbocycles. The highest BCUT2D eigenvalue weighted by molar-refractivity contribution is 5.40. The molecule has 3 heteroatoms. The number of nitrogens with zero attached hydrogens (tertiary/aromatic N) is 1. The molecule has 1 heterocycles. The van der Waals surface area contributed by atoms with E-state index in [1.165, 1.54) is 37.1 Å². The van der Waals surface area contributed by atoms with Crippen molar-refractivity contribution in [2.75, 3.05) is 26.7 Å². The van der Waals surface area contributed by atoms with E-state index in [0.29, 0.717) is 18.5 Å². The fourth-order valence-electron chi connectivity index (χ4n) is 2.96. The summed E-state index contributed by atoms with van der Waals surface area (Å²) in [7, 11) is 1.74. The lowest BCUT2D eigenvalue weighted by atomic mass is 9.96. The molecule has 2 rings (SSSR count). The molecule has 0 spiro atoms. The van der Waals surface area contributed by atoms with Crippen LogP contribution in [0.4, 0.5) is 0 Å². The molecule has 1 unspecified atom stereocenters. The highest BCUT2D eigenvalue weighted by Gasteiger charge is 2.23. The van der Waals surface area contributed by atoms with Crippen molar-refractivity contribution in [1.29, 1.82) is 0 Å². The minimum Gasteiger partial charge on any atom is -0.496 e. The van der Waals surface area contributed by atoms with Crippen LogP contribution in [0.15, 0.2) is 18.2 Å². The average molecular weight is 262 g/mol. The number of methoxy groups -OCH3 is 1. The first-order valence-electron chi connectivity index (χ1n) is 7.29. The number of nitrogens with two attached hydrogens (primary N) is 1. The first-order valence-corrected chi connectivity index (χ1v) is 7.29. The lowest BCUT2D eigenvalue weighted by Gasteiger charge is -2.27. The maximum absolute atomic E-state index is 6.01. The van der Waals surface area contributed by atoms with Crippen molar-refractivity contribution in [1.82, 2.24) is 4.90 Å². The Morgan fingerprint density at radius 3 is 2.47 bits per heavy atom. The summed E-state index contributed by atoms with van der Waals surface area (Å²) in [5, 5.41) is 0. The predicted molar refractivity (Wildman–Crippen MR) is 79.7 cm³/mol. The highest BCUT2D eigenvalue weighted by atomic mass is 16.5. The van der Waals surface area contributed by atoms with Crippen molar-refractivity contribution in [3.63, 3.8) is 0 Å². The van der Waals surface area contributed by atoms with E-state index in [1.807, 2.05) is 0 Å². The minimum atomic E-state index is 0.353. The van der Waals surface area contributed by atoms with Crippen LogP contribution in [-0.2, 0) is 0 Å². The van der Waals surface area contributed by atoms with Gasteiger partial charge in [-0.25, -0.2) is 0 Å². The molecule has 1 aromatic rings. The third-order valence-electron chi connectivity index (χ3n) is 4.07. The van der Waals surface area contributed by atoms with Crippen LogP contribution >= 0.6 is 0 Å². The minimum absolute atomic E-state index is 0.353. The molecular weight excluding hydrogens is 236 g/mol. The second-order valence-corrected chi connectivity index (χ2v) is 5.65.